The molecule has 1 saturated heterocycles. The van der Waals surface area contributed by atoms with Gasteiger partial charge in [0.15, 0.2) is 5.11 Å². The van der Waals surface area contributed by atoms with Crippen molar-refractivity contribution in [3.63, 3.8) is 0 Å². The molecule has 2 fully saturated rings. The zero-order chi connectivity index (χ0) is 14.7. The van der Waals surface area contributed by atoms with Crippen molar-refractivity contribution in [1.29, 1.82) is 0 Å². The number of rotatable bonds is 3. The highest BCUT2D eigenvalue weighted by molar-refractivity contribution is 9.09. The molecule has 1 heterocycles. The highest BCUT2D eigenvalue weighted by Crippen LogP contribution is 2.33. The first-order valence-corrected chi connectivity index (χ1v) is 7.85. The molecule has 1 aliphatic heterocycles. The van der Waals surface area contributed by atoms with Crippen LogP contribution in [0.4, 0.5) is 0 Å². The van der Waals surface area contributed by atoms with Gasteiger partial charge in [0.25, 0.3) is 5.91 Å². The van der Waals surface area contributed by atoms with Gasteiger partial charge in [-0.25, -0.2) is 0 Å². The van der Waals surface area contributed by atoms with Crippen LogP contribution in [-0.2, 0) is 9.53 Å². The number of alkyl halides is 1. The summed E-state index contributed by atoms with van der Waals surface area (Å²) in [5.41, 5.74) is 0.540. The summed E-state index contributed by atoms with van der Waals surface area (Å²) < 4.78 is 5.71. The first kappa shape index (κ1) is 15.5. The zero-order valence-corrected chi connectivity index (χ0v) is 13.7. The molecule has 0 aromatic carbocycles. The number of ether oxygens (including phenoxy) is 1. The second kappa shape index (κ2) is 6.70. The average Bonchev–Trinajstić information content (AvgIpc) is 2.66. The van der Waals surface area contributed by atoms with Crippen LogP contribution in [0.3, 0.4) is 0 Å². The fraction of sp³-hybridized carbons (Fsp3) is 0.571. The lowest BCUT2D eigenvalue weighted by Gasteiger charge is -2.32. The zero-order valence-electron chi connectivity index (χ0n) is 11.3. The molecular formula is C14H17BrN2O2S. The Hall–Kier alpha value is -0.900. The van der Waals surface area contributed by atoms with E-state index in [1.807, 2.05) is 6.08 Å². The lowest BCUT2D eigenvalue weighted by atomic mass is 9.85. The third kappa shape index (κ3) is 3.40. The van der Waals surface area contributed by atoms with Crippen molar-refractivity contribution in [2.24, 2.45) is 5.92 Å². The number of halogens is 1. The number of hydrogen-bond donors (Lipinski definition) is 1. The van der Waals surface area contributed by atoms with E-state index in [0.717, 1.165) is 19.3 Å². The highest BCUT2D eigenvalue weighted by Gasteiger charge is 2.33. The van der Waals surface area contributed by atoms with E-state index in [1.54, 1.807) is 7.05 Å². The van der Waals surface area contributed by atoms with Crippen LogP contribution in [0.1, 0.15) is 19.3 Å². The van der Waals surface area contributed by atoms with Gasteiger partial charge >= 0.3 is 0 Å². The third-order valence-electron chi connectivity index (χ3n) is 3.61. The van der Waals surface area contributed by atoms with Crippen molar-refractivity contribution in [2.75, 3.05) is 13.7 Å². The lowest BCUT2D eigenvalue weighted by molar-refractivity contribution is -0.121. The number of thiocarbonyl (C=S) groups is 1. The van der Waals surface area contributed by atoms with Gasteiger partial charge in [0.1, 0.15) is 12.3 Å². The van der Waals surface area contributed by atoms with E-state index in [4.69, 9.17) is 23.4 Å². The van der Waals surface area contributed by atoms with E-state index in [1.165, 1.54) is 4.90 Å². The number of likely N-dealkylation sites (N-methyl/N-ethyl adjacent to an activating group) is 1. The summed E-state index contributed by atoms with van der Waals surface area (Å²) in [6.07, 6.45) is 10.1. The van der Waals surface area contributed by atoms with Crippen molar-refractivity contribution < 1.29 is 9.53 Å². The van der Waals surface area contributed by atoms with E-state index in [2.05, 4.69) is 27.2 Å². The number of carbonyl (C=O) groups excluding carboxylic acids is 1. The maximum atomic E-state index is 12.0. The summed E-state index contributed by atoms with van der Waals surface area (Å²) in [5, 5.41) is 3.39. The van der Waals surface area contributed by atoms with Crippen molar-refractivity contribution in [3.8, 4) is 12.3 Å². The predicted octanol–water partition coefficient (Wildman–Crippen LogP) is 1.80. The Morgan fingerprint density at radius 1 is 1.65 bits per heavy atom. The predicted molar refractivity (Wildman–Crippen MR) is 85.2 cm³/mol. The third-order valence-corrected chi connectivity index (χ3v) is 4.82. The number of nitrogens with zero attached hydrogens (tertiary/aromatic N) is 1. The Morgan fingerprint density at radius 3 is 3.00 bits per heavy atom. The minimum atomic E-state index is -0.0950. The first-order chi connectivity index (χ1) is 9.52. The van der Waals surface area contributed by atoms with Gasteiger partial charge in [0.05, 0.1) is 6.10 Å². The maximum absolute atomic E-state index is 12.0. The maximum Gasteiger partial charge on any atom is 0.275 e. The number of carbonyl (C=O) groups is 1. The van der Waals surface area contributed by atoms with Gasteiger partial charge in [0.2, 0.25) is 0 Å². The first-order valence-electron chi connectivity index (χ1n) is 6.53. The van der Waals surface area contributed by atoms with Crippen LogP contribution in [0.2, 0.25) is 0 Å². The average molecular weight is 357 g/mol. The van der Waals surface area contributed by atoms with E-state index in [9.17, 15) is 4.79 Å². The van der Waals surface area contributed by atoms with Gasteiger partial charge in [-0.1, -0.05) is 21.9 Å². The SMILES string of the molecule is C#CCOC1CCC(Br)CC1/C=C1\NC(=S)N(C)C1=O. The smallest absolute Gasteiger partial charge is 0.275 e. The Bertz CT molecular complexity index is 486. The molecule has 0 aromatic heterocycles. The fourth-order valence-corrected chi connectivity index (χ4v) is 3.40. The summed E-state index contributed by atoms with van der Waals surface area (Å²) in [4.78, 5) is 13.9. The quantitative estimate of drug-likeness (QED) is 0.362. The highest BCUT2D eigenvalue weighted by atomic mass is 79.9. The van der Waals surface area contributed by atoms with Crippen LogP contribution in [0.25, 0.3) is 0 Å². The Kier molecular flexibility index (Phi) is 5.19. The second-order valence-electron chi connectivity index (χ2n) is 5.00. The molecule has 1 amide bonds. The monoisotopic (exact) mass is 356 g/mol. The van der Waals surface area contributed by atoms with Gasteiger partial charge < -0.3 is 10.1 Å². The molecule has 0 aromatic rings. The van der Waals surface area contributed by atoms with Gasteiger partial charge in [-0.3, -0.25) is 9.69 Å². The van der Waals surface area contributed by atoms with Gasteiger partial charge in [0, 0.05) is 17.8 Å². The van der Waals surface area contributed by atoms with E-state index in [-0.39, 0.29) is 17.9 Å². The molecule has 2 rings (SSSR count). The van der Waals surface area contributed by atoms with Crippen molar-refractivity contribution in [3.05, 3.63) is 11.8 Å². The Morgan fingerprint density at radius 2 is 2.40 bits per heavy atom. The number of hydrogen-bond acceptors (Lipinski definition) is 3. The van der Waals surface area contributed by atoms with Crippen LogP contribution >= 0.6 is 28.1 Å². The largest absolute Gasteiger partial charge is 0.365 e. The summed E-state index contributed by atoms with van der Waals surface area (Å²) >= 11 is 8.72. The molecule has 0 spiro atoms. The van der Waals surface area contributed by atoms with Crippen LogP contribution in [-0.4, -0.2) is 40.5 Å². The summed E-state index contributed by atoms with van der Waals surface area (Å²) in [5.74, 6) is 2.56. The number of nitrogens with one attached hydrogen (secondary N) is 1. The molecule has 1 aliphatic carbocycles. The normalized spacial score (nSPS) is 32.4. The molecule has 1 saturated carbocycles. The van der Waals surface area contributed by atoms with Crippen LogP contribution in [0, 0.1) is 18.3 Å². The minimum Gasteiger partial charge on any atom is -0.365 e. The van der Waals surface area contributed by atoms with Gasteiger partial charge in [-0.05, 0) is 37.6 Å². The molecule has 4 nitrogen and oxygen atoms in total. The van der Waals surface area contributed by atoms with Crippen LogP contribution in [0.5, 0.6) is 0 Å². The molecule has 2 aliphatic rings. The second-order valence-corrected chi connectivity index (χ2v) is 6.68. The van der Waals surface area contributed by atoms with E-state index < -0.39 is 0 Å². The number of terminal acetylenes is 1. The lowest BCUT2D eigenvalue weighted by Crippen LogP contribution is -2.32. The Labute approximate surface area is 133 Å². The van der Waals surface area contributed by atoms with E-state index >= 15 is 0 Å². The molecule has 3 atom stereocenters. The van der Waals surface area contributed by atoms with Crippen molar-refractivity contribution >= 4 is 39.2 Å². The summed E-state index contributed by atoms with van der Waals surface area (Å²) in [7, 11) is 1.67. The van der Waals surface area contributed by atoms with Crippen molar-refractivity contribution in [1.82, 2.24) is 10.2 Å². The van der Waals surface area contributed by atoms with Crippen LogP contribution < -0.4 is 5.32 Å². The molecule has 0 radical (unpaired) electrons. The molecule has 3 unspecified atom stereocenters. The van der Waals surface area contributed by atoms with Crippen molar-refractivity contribution in [2.45, 2.75) is 30.2 Å². The molecule has 0 bridgehead atoms. The molecule has 20 heavy (non-hydrogen) atoms. The molecular weight excluding hydrogens is 340 g/mol. The van der Waals surface area contributed by atoms with Crippen LogP contribution in [0.15, 0.2) is 11.8 Å². The Balaban J connectivity index is 2.13. The molecule has 6 heteroatoms. The van der Waals surface area contributed by atoms with Gasteiger partial charge in [-0.2, -0.15) is 0 Å². The standard InChI is InChI=1S/C14H17BrN2O2S/c1-3-6-19-12-5-4-10(15)7-9(12)8-11-13(18)17(2)14(20)16-11/h1,8-10,12H,4-7H2,2H3,(H,16,20)/b11-8-. The fourth-order valence-electron chi connectivity index (χ4n) is 2.51. The van der Waals surface area contributed by atoms with Gasteiger partial charge in [-0.15, -0.1) is 6.42 Å². The number of amides is 1. The minimum absolute atomic E-state index is 0.0569. The molecule has 1 N–H and O–H groups in total. The topological polar surface area (TPSA) is 41.6 Å². The summed E-state index contributed by atoms with van der Waals surface area (Å²) in [6.45, 7) is 0.303. The van der Waals surface area contributed by atoms with E-state index in [0.29, 0.717) is 22.2 Å². The molecule has 108 valence electrons. The summed E-state index contributed by atoms with van der Waals surface area (Å²) in [6, 6.07) is 0.